The Hall–Kier alpha value is -0.960. The van der Waals surface area contributed by atoms with Crippen LogP contribution in [0.5, 0.6) is 0 Å². The van der Waals surface area contributed by atoms with Crippen molar-refractivity contribution >= 4 is 26.5 Å². The molecule has 8 heteroatoms. The van der Waals surface area contributed by atoms with Crippen LogP contribution in [0.1, 0.15) is 0 Å². The topological polar surface area (TPSA) is 78.5 Å². The lowest BCUT2D eigenvalue weighted by Gasteiger charge is -2.12. The van der Waals surface area contributed by atoms with Gasteiger partial charge in [0.25, 0.3) is 0 Å². The summed E-state index contributed by atoms with van der Waals surface area (Å²) >= 11 is 0. The summed E-state index contributed by atoms with van der Waals surface area (Å²) in [6.07, 6.45) is 0. The minimum absolute atomic E-state index is 0.115. The average Bonchev–Trinajstić information content (AvgIpc) is 2.65. The Labute approximate surface area is 115 Å². The molecule has 0 saturated heterocycles. The monoisotopic (exact) mass is 303 g/mol. The largest absolute Gasteiger partial charge is 0.361 e. The first kappa shape index (κ1) is 14.4. The third-order valence-electron chi connectivity index (χ3n) is 2.86. The van der Waals surface area contributed by atoms with E-state index in [2.05, 4.69) is 10.0 Å². The summed E-state index contributed by atoms with van der Waals surface area (Å²) in [5.41, 5.74) is 0.717. The van der Waals surface area contributed by atoms with E-state index in [4.69, 9.17) is 0 Å². The van der Waals surface area contributed by atoms with Gasteiger partial charge in [-0.05, 0) is 19.2 Å². The highest BCUT2D eigenvalue weighted by molar-refractivity contribution is 7.91. The summed E-state index contributed by atoms with van der Waals surface area (Å²) < 4.78 is 39.0. The smallest absolute Gasteiger partial charge is 0.241 e. The molecule has 1 aromatic carbocycles. The van der Waals surface area contributed by atoms with Crippen LogP contribution in [-0.2, 0) is 20.8 Å². The van der Waals surface area contributed by atoms with E-state index < -0.39 is 20.8 Å². The van der Waals surface area contributed by atoms with E-state index in [0.717, 1.165) is 5.69 Å². The summed E-state index contributed by atoms with van der Waals surface area (Å²) in [5.74, 6) is 0.332. The first-order chi connectivity index (χ1) is 8.97. The molecule has 0 amide bonds. The van der Waals surface area contributed by atoms with E-state index in [0.29, 0.717) is 23.9 Å². The minimum atomic E-state index is -3.62. The lowest BCUT2D eigenvalue weighted by atomic mass is 10.3. The van der Waals surface area contributed by atoms with Gasteiger partial charge < -0.3 is 10.2 Å². The third-order valence-corrected chi connectivity index (χ3v) is 6.00. The zero-order chi connectivity index (χ0) is 14.0. The van der Waals surface area contributed by atoms with Gasteiger partial charge in [0.05, 0.1) is 27.3 Å². The molecule has 1 unspecified atom stereocenters. The number of fused-ring (bicyclic) bond motifs is 1. The van der Waals surface area contributed by atoms with Crippen LogP contribution in [0.4, 0.5) is 5.69 Å². The molecule has 0 radical (unpaired) electrons. The maximum absolute atomic E-state index is 12.2. The van der Waals surface area contributed by atoms with E-state index in [1.54, 1.807) is 31.1 Å². The van der Waals surface area contributed by atoms with Crippen LogP contribution >= 0.6 is 0 Å². The zero-order valence-corrected chi connectivity index (χ0v) is 12.5. The van der Waals surface area contributed by atoms with E-state index in [9.17, 15) is 12.6 Å². The van der Waals surface area contributed by atoms with E-state index in [1.807, 2.05) is 0 Å². The third kappa shape index (κ3) is 2.81. The molecule has 0 spiro atoms. The minimum Gasteiger partial charge on any atom is -0.361 e. The van der Waals surface area contributed by atoms with Crippen molar-refractivity contribution in [1.29, 1.82) is 0 Å². The highest BCUT2D eigenvalue weighted by Gasteiger charge is 2.30. The van der Waals surface area contributed by atoms with Gasteiger partial charge in [-0.15, -0.1) is 0 Å². The normalized spacial score (nSPS) is 18.6. The fourth-order valence-corrected chi connectivity index (χ4v) is 5.05. The van der Waals surface area contributed by atoms with Crippen LogP contribution in [0, 0.1) is 0 Å². The zero-order valence-electron chi connectivity index (χ0n) is 10.8. The summed E-state index contributed by atoms with van der Waals surface area (Å²) in [6, 6.07) is 4.95. The predicted octanol–water partition coefficient (Wildman–Crippen LogP) is -0.301. The summed E-state index contributed by atoms with van der Waals surface area (Å²) in [7, 11) is -1.38. The summed E-state index contributed by atoms with van der Waals surface area (Å²) in [4.78, 5) is 2.32. The maximum Gasteiger partial charge on any atom is 0.241 e. The van der Waals surface area contributed by atoms with Crippen molar-refractivity contribution < 1.29 is 12.6 Å². The number of hydrogen-bond donors (Lipinski definition) is 2. The second kappa shape index (κ2) is 5.58. The van der Waals surface area contributed by atoms with Gasteiger partial charge in [-0.3, -0.25) is 4.21 Å². The van der Waals surface area contributed by atoms with Crippen LogP contribution in [-0.4, -0.2) is 45.7 Å². The summed E-state index contributed by atoms with van der Waals surface area (Å²) in [6.45, 7) is 0.836. The Kier molecular flexibility index (Phi) is 4.24. The molecule has 1 heterocycles. The second-order valence-corrected chi connectivity index (χ2v) is 7.37. The maximum atomic E-state index is 12.2. The van der Waals surface area contributed by atoms with Crippen molar-refractivity contribution in [3.8, 4) is 0 Å². The highest BCUT2D eigenvalue weighted by atomic mass is 32.2. The van der Waals surface area contributed by atoms with Crippen molar-refractivity contribution in [1.82, 2.24) is 10.0 Å². The number of anilines is 1. The Bertz CT molecular complexity index is 601. The van der Waals surface area contributed by atoms with Crippen molar-refractivity contribution in [3.05, 3.63) is 18.2 Å². The van der Waals surface area contributed by atoms with E-state index in [1.165, 1.54) is 6.07 Å². The standard InChI is InChI=1S/C11H17N3O3S2/c1-12-6-7-13-19(16,17)10-5-3-4-9-11(10)18(15)8-14(9)2/h3-5,12-13H,6-8H2,1-2H3. The molecule has 1 atom stereocenters. The Morgan fingerprint density at radius 3 is 2.79 bits per heavy atom. The molecule has 2 rings (SSSR count). The van der Waals surface area contributed by atoms with Crippen LogP contribution in [0.2, 0.25) is 0 Å². The predicted molar refractivity (Wildman–Crippen MR) is 75.2 cm³/mol. The lowest BCUT2D eigenvalue weighted by Crippen LogP contribution is -2.31. The van der Waals surface area contributed by atoms with Gasteiger partial charge in [-0.2, -0.15) is 0 Å². The Morgan fingerprint density at radius 2 is 2.11 bits per heavy atom. The quantitative estimate of drug-likeness (QED) is 0.730. The fraction of sp³-hybridized carbons (Fsp3) is 0.455. The second-order valence-electron chi connectivity index (χ2n) is 4.28. The Morgan fingerprint density at radius 1 is 1.37 bits per heavy atom. The molecule has 19 heavy (non-hydrogen) atoms. The van der Waals surface area contributed by atoms with Crippen LogP contribution in [0.15, 0.2) is 28.0 Å². The SMILES string of the molecule is CNCCNS(=O)(=O)c1cccc2c1S(=O)CN2C. The molecule has 0 fully saturated rings. The molecule has 1 aliphatic heterocycles. The van der Waals surface area contributed by atoms with E-state index >= 15 is 0 Å². The lowest BCUT2D eigenvalue weighted by molar-refractivity contribution is 0.577. The number of rotatable bonds is 5. The Balaban J connectivity index is 2.39. The van der Waals surface area contributed by atoms with Crippen molar-refractivity contribution in [2.75, 3.05) is 38.0 Å². The molecule has 1 aliphatic rings. The molecule has 0 aliphatic carbocycles. The van der Waals surface area contributed by atoms with Crippen molar-refractivity contribution in [2.24, 2.45) is 0 Å². The van der Waals surface area contributed by atoms with Gasteiger partial charge >= 0.3 is 0 Å². The molecular weight excluding hydrogens is 286 g/mol. The number of benzene rings is 1. The van der Waals surface area contributed by atoms with Crippen LogP contribution < -0.4 is 14.9 Å². The summed E-state index contributed by atoms with van der Waals surface area (Å²) in [5, 5.41) is 2.86. The molecule has 2 N–H and O–H groups in total. The fourth-order valence-electron chi connectivity index (χ4n) is 1.94. The average molecular weight is 303 g/mol. The molecule has 0 saturated carbocycles. The number of sulfonamides is 1. The van der Waals surface area contributed by atoms with Gasteiger partial charge in [0.1, 0.15) is 4.90 Å². The highest BCUT2D eigenvalue weighted by Crippen LogP contribution is 2.35. The number of nitrogens with one attached hydrogen (secondary N) is 2. The van der Waals surface area contributed by atoms with Gasteiger partial charge in [0, 0.05) is 20.1 Å². The van der Waals surface area contributed by atoms with Gasteiger partial charge in [-0.1, -0.05) is 6.07 Å². The number of nitrogens with zero attached hydrogens (tertiary/aromatic N) is 1. The van der Waals surface area contributed by atoms with Gasteiger partial charge in [0.2, 0.25) is 10.0 Å². The van der Waals surface area contributed by atoms with Crippen molar-refractivity contribution in [3.63, 3.8) is 0 Å². The molecule has 106 valence electrons. The van der Waals surface area contributed by atoms with E-state index in [-0.39, 0.29) is 4.90 Å². The molecule has 0 aromatic heterocycles. The molecule has 0 bridgehead atoms. The van der Waals surface area contributed by atoms with Crippen LogP contribution in [0.25, 0.3) is 0 Å². The molecule has 6 nitrogen and oxygen atoms in total. The van der Waals surface area contributed by atoms with Gasteiger partial charge in [0.15, 0.2) is 0 Å². The van der Waals surface area contributed by atoms with Crippen molar-refractivity contribution in [2.45, 2.75) is 9.79 Å². The number of likely N-dealkylation sites (N-methyl/N-ethyl adjacent to an activating group) is 1. The number of hydrogen-bond acceptors (Lipinski definition) is 5. The molecule has 1 aromatic rings. The first-order valence-corrected chi connectivity index (χ1v) is 8.64. The molecular formula is C11H17N3O3S2. The van der Waals surface area contributed by atoms with Gasteiger partial charge in [-0.25, -0.2) is 13.1 Å². The van der Waals surface area contributed by atoms with Crippen LogP contribution in [0.3, 0.4) is 0 Å². The first-order valence-electron chi connectivity index (χ1n) is 5.84.